The van der Waals surface area contributed by atoms with Crippen LogP contribution in [0.15, 0.2) is 36.7 Å². The van der Waals surface area contributed by atoms with Crippen LogP contribution in [0.3, 0.4) is 0 Å². The van der Waals surface area contributed by atoms with Crippen molar-refractivity contribution in [3.63, 3.8) is 0 Å². The van der Waals surface area contributed by atoms with Gasteiger partial charge < -0.3 is 4.74 Å². The highest BCUT2D eigenvalue weighted by atomic mass is 19.4. The third-order valence-corrected chi connectivity index (χ3v) is 3.26. The van der Waals surface area contributed by atoms with Crippen LogP contribution in [-0.2, 0) is 6.18 Å². The molecule has 2 heterocycles. The molecule has 3 aromatic rings. The Labute approximate surface area is 133 Å². The maximum atomic E-state index is 12.5. The van der Waals surface area contributed by atoms with E-state index in [4.69, 9.17) is 4.74 Å². The molecule has 0 radical (unpaired) electrons. The molecule has 6 nitrogen and oxygen atoms in total. The summed E-state index contributed by atoms with van der Waals surface area (Å²) >= 11 is 0. The molecule has 0 spiro atoms. The molecule has 0 saturated heterocycles. The molecule has 0 fully saturated rings. The minimum Gasteiger partial charge on any atom is -0.470 e. The average Bonchev–Trinajstić information content (AvgIpc) is 2.99. The molecule has 0 atom stereocenters. The molecule has 3 rings (SSSR count). The van der Waals surface area contributed by atoms with Gasteiger partial charge in [0.05, 0.1) is 5.56 Å². The second kappa shape index (κ2) is 5.91. The van der Waals surface area contributed by atoms with Crippen molar-refractivity contribution in [3.05, 3.63) is 53.5 Å². The first-order valence-corrected chi connectivity index (χ1v) is 6.85. The van der Waals surface area contributed by atoms with Gasteiger partial charge in [-0.2, -0.15) is 13.2 Å². The van der Waals surface area contributed by atoms with Crippen molar-refractivity contribution in [2.45, 2.75) is 13.1 Å². The van der Waals surface area contributed by atoms with Crippen molar-refractivity contribution in [2.24, 2.45) is 0 Å². The summed E-state index contributed by atoms with van der Waals surface area (Å²) < 4.78 is 44.5. The van der Waals surface area contributed by atoms with Gasteiger partial charge in [-0.15, -0.1) is 10.2 Å². The number of fused-ring (bicyclic) bond motifs is 1. The van der Waals surface area contributed by atoms with E-state index in [1.54, 1.807) is 13.0 Å². The first-order valence-electron chi connectivity index (χ1n) is 6.85. The van der Waals surface area contributed by atoms with E-state index < -0.39 is 17.5 Å². The van der Waals surface area contributed by atoms with Crippen molar-refractivity contribution in [3.8, 4) is 5.88 Å². The van der Waals surface area contributed by atoms with Gasteiger partial charge in [0, 0.05) is 17.3 Å². The molecule has 0 aliphatic carbocycles. The van der Waals surface area contributed by atoms with Crippen molar-refractivity contribution in [1.29, 1.82) is 0 Å². The van der Waals surface area contributed by atoms with Crippen LogP contribution in [0.5, 0.6) is 5.88 Å². The summed E-state index contributed by atoms with van der Waals surface area (Å²) in [5, 5.41) is 7.49. The van der Waals surface area contributed by atoms with Gasteiger partial charge in [-0.05, 0) is 19.1 Å². The number of aromatic nitrogens is 4. The maximum Gasteiger partial charge on any atom is 0.416 e. The number of aryl methyl sites for hydroxylation is 1. The van der Waals surface area contributed by atoms with Crippen LogP contribution in [0, 0.1) is 6.92 Å². The Kier molecular flexibility index (Phi) is 3.92. The van der Waals surface area contributed by atoms with Crippen LogP contribution >= 0.6 is 0 Å². The Morgan fingerprint density at radius 1 is 1.25 bits per heavy atom. The van der Waals surface area contributed by atoms with Gasteiger partial charge in [-0.25, -0.2) is 9.38 Å². The Morgan fingerprint density at radius 3 is 2.62 bits per heavy atom. The third kappa shape index (κ3) is 3.19. The minimum absolute atomic E-state index is 0.133. The number of hydrogen-bond acceptors (Lipinski definition) is 5. The maximum absolute atomic E-state index is 12.5. The van der Waals surface area contributed by atoms with E-state index in [0.717, 1.165) is 24.3 Å². The van der Waals surface area contributed by atoms with Crippen molar-refractivity contribution >= 4 is 11.6 Å². The van der Waals surface area contributed by atoms with Gasteiger partial charge in [0.15, 0.2) is 12.4 Å². The highest BCUT2D eigenvalue weighted by Gasteiger charge is 2.30. The standard InChI is InChI=1S/C15H11F3N4O2/c1-9-6-13(22-8-19-21-14(22)20-9)24-7-12(23)10-2-4-11(5-3-10)15(16,17)18/h2-6,8H,7H2,1H3. The summed E-state index contributed by atoms with van der Waals surface area (Å²) in [5.74, 6) is 0.203. The van der Waals surface area contributed by atoms with Crippen LogP contribution in [-0.4, -0.2) is 32.0 Å². The summed E-state index contributed by atoms with van der Waals surface area (Å²) in [5.41, 5.74) is -0.0443. The quantitative estimate of drug-likeness (QED) is 0.685. The number of Topliss-reactive ketones (excluding diaryl/α,β-unsaturated/α-hetero) is 1. The molecule has 0 N–H and O–H groups in total. The van der Waals surface area contributed by atoms with E-state index in [0.29, 0.717) is 17.4 Å². The number of ketones is 1. The number of carbonyl (C=O) groups excluding carboxylic acids is 1. The van der Waals surface area contributed by atoms with E-state index in [2.05, 4.69) is 15.2 Å². The van der Waals surface area contributed by atoms with E-state index in [1.807, 2.05) is 0 Å². The lowest BCUT2D eigenvalue weighted by Gasteiger charge is -2.09. The highest BCUT2D eigenvalue weighted by Crippen LogP contribution is 2.29. The molecular weight excluding hydrogens is 325 g/mol. The number of rotatable bonds is 4. The molecule has 0 aliphatic heterocycles. The van der Waals surface area contributed by atoms with Crippen molar-refractivity contribution in [1.82, 2.24) is 19.6 Å². The van der Waals surface area contributed by atoms with E-state index >= 15 is 0 Å². The van der Waals surface area contributed by atoms with E-state index in [9.17, 15) is 18.0 Å². The highest BCUT2D eigenvalue weighted by molar-refractivity contribution is 5.97. The number of nitrogens with zero attached hydrogens (tertiary/aromatic N) is 4. The minimum atomic E-state index is -4.44. The Balaban J connectivity index is 1.74. The Hall–Kier alpha value is -2.97. The van der Waals surface area contributed by atoms with Gasteiger partial charge in [0.25, 0.3) is 5.78 Å². The fourth-order valence-corrected chi connectivity index (χ4v) is 2.08. The number of alkyl halides is 3. The molecule has 0 saturated carbocycles. The zero-order valence-electron chi connectivity index (χ0n) is 12.4. The second-order valence-electron chi connectivity index (χ2n) is 5.02. The van der Waals surface area contributed by atoms with E-state index in [1.165, 1.54) is 10.7 Å². The molecule has 124 valence electrons. The van der Waals surface area contributed by atoms with Crippen LogP contribution < -0.4 is 4.74 Å². The monoisotopic (exact) mass is 336 g/mol. The van der Waals surface area contributed by atoms with Gasteiger partial charge in [0.1, 0.15) is 6.33 Å². The molecule has 0 amide bonds. The first kappa shape index (κ1) is 15.9. The van der Waals surface area contributed by atoms with Crippen LogP contribution in [0.1, 0.15) is 21.6 Å². The molecule has 24 heavy (non-hydrogen) atoms. The zero-order valence-corrected chi connectivity index (χ0v) is 12.4. The van der Waals surface area contributed by atoms with Crippen LogP contribution in [0.25, 0.3) is 5.78 Å². The summed E-state index contributed by atoms with van der Waals surface area (Å²) in [6.07, 6.45) is -3.05. The van der Waals surface area contributed by atoms with Crippen LogP contribution in [0.4, 0.5) is 13.2 Å². The second-order valence-corrected chi connectivity index (χ2v) is 5.02. The smallest absolute Gasteiger partial charge is 0.416 e. The molecule has 0 unspecified atom stereocenters. The number of benzene rings is 1. The number of carbonyl (C=O) groups is 1. The summed E-state index contributed by atoms with van der Waals surface area (Å²) in [6, 6.07) is 5.58. The SMILES string of the molecule is Cc1cc(OCC(=O)c2ccc(C(F)(F)F)cc2)n2cnnc2n1. The summed E-state index contributed by atoms with van der Waals surface area (Å²) in [7, 11) is 0. The van der Waals surface area contributed by atoms with Gasteiger partial charge in [-0.3, -0.25) is 4.79 Å². The van der Waals surface area contributed by atoms with Crippen molar-refractivity contribution in [2.75, 3.05) is 6.61 Å². The molecular formula is C15H11F3N4O2. The molecule has 2 aromatic heterocycles. The zero-order chi connectivity index (χ0) is 17.3. The molecule has 0 bridgehead atoms. The summed E-state index contributed by atoms with van der Waals surface area (Å²) in [6.45, 7) is 1.40. The fourth-order valence-electron chi connectivity index (χ4n) is 2.08. The number of halogens is 3. The van der Waals surface area contributed by atoms with Crippen LogP contribution in [0.2, 0.25) is 0 Å². The van der Waals surface area contributed by atoms with Gasteiger partial charge in [-0.1, -0.05) is 12.1 Å². The molecule has 9 heteroatoms. The topological polar surface area (TPSA) is 69.4 Å². The lowest BCUT2D eigenvalue weighted by atomic mass is 10.1. The van der Waals surface area contributed by atoms with Crippen molar-refractivity contribution < 1.29 is 22.7 Å². The predicted octanol–water partition coefficient (Wildman–Crippen LogP) is 2.71. The Bertz CT molecular complexity index is 888. The first-order chi connectivity index (χ1) is 11.3. The number of ether oxygens (including phenoxy) is 1. The number of hydrogen-bond donors (Lipinski definition) is 0. The summed E-state index contributed by atoms with van der Waals surface area (Å²) in [4.78, 5) is 16.2. The third-order valence-electron chi connectivity index (χ3n) is 3.26. The molecule has 0 aliphatic rings. The normalized spacial score (nSPS) is 11.7. The fraction of sp³-hybridized carbons (Fsp3) is 0.200. The van der Waals surface area contributed by atoms with Gasteiger partial charge >= 0.3 is 6.18 Å². The molecule has 1 aromatic carbocycles. The lowest BCUT2D eigenvalue weighted by molar-refractivity contribution is -0.137. The lowest BCUT2D eigenvalue weighted by Crippen LogP contribution is -2.14. The largest absolute Gasteiger partial charge is 0.470 e. The average molecular weight is 336 g/mol. The van der Waals surface area contributed by atoms with E-state index in [-0.39, 0.29) is 12.2 Å². The Morgan fingerprint density at radius 2 is 1.96 bits per heavy atom. The van der Waals surface area contributed by atoms with Gasteiger partial charge in [0.2, 0.25) is 5.88 Å². The predicted molar refractivity (Wildman–Crippen MR) is 76.8 cm³/mol.